The summed E-state index contributed by atoms with van der Waals surface area (Å²) in [4.78, 5) is 5.03. The van der Waals surface area contributed by atoms with Gasteiger partial charge in [0.15, 0.2) is 0 Å². The SMILES string of the molecule is CNCCC1CN(c2ccccc2Br)C(C)CN1C. The molecule has 19 heavy (non-hydrogen) atoms. The van der Waals surface area contributed by atoms with E-state index in [1.165, 1.54) is 16.6 Å². The maximum Gasteiger partial charge on any atom is 0.0514 e. The minimum Gasteiger partial charge on any atom is -0.365 e. The molecular formula is C15H24BrN3. The highest BCUT2D eigenvalue weighted by Gasteiger charge is 2.29. The Hall–Kier alpha value is -0.580. The summed E-state index contributed by atoms with van der Waals surface area (Å²) in [5.41, 5.74) is 1.32. The Labute approximate surface area is 125 Å². The number of hydrogen-bond acceptors (Lipinski definition) is 3. The van der Waals surface area contributed by atoms with Crippen molar-refractivity contribution >= 4 is 21.6 Å². The first-order valence-electron chi connectivity index (χ1n) is 6.99. The van der Waals surface area contributed by atoms with E-state index in [-0.39, 0.29) is 0 Å². The molecule has 2 rings (SSSR count). The number of nitrogens with one attached hydrogen (secondary N) is 1. The Morgan fingerprint density at radius 2 is 2.05 bits per heavy atom. The number of para-hydroxylation sites is 1. The fourth-order valence-corrected chi connectivity index (χ4v) is 3.37. The highest BCUT2D eigenvalue weighted by Crippen LogP contribution is 2.30. The lowest BCUT2D eigenvalue weighted by Gasteiger charge is -2.45. The Balaban J connectivity index is 2.13. The van der Waals surface area contributed by atoms with Crippen molar-refractivity contribution in [3.63, 3.8) is 0 Å². The van der Waals surface area contributed by atoms with E-state index in [9.17, 15) is 0 Å². The van der Waals surface area contributed by atoms with Gasteiger partial charge in [0.1, 0.15) is 0 Å². The third-order valence-corrected chi connectivity index (χ3v) is 4.68. The van der Waals surface area contributed by atoms with Gasteiger partial charge < -0.3 is 10.2 Å². The number of likely N-dealkylation sites (N-methyl/N-ethyl adjacent to an activating group) is 1. The molecule has 1 heterocycles. The quantitative estimate of drug-likeness (QED) is 0.917. The lowest BCUT2D eigenvalue weighted by atomic mass is 10.0. The minimum absolute atomic E-state index is 0.550. The summed E-state index contributed by atoms with van der Waals surface area (Å²) < 4.78 is 1.19. The van der Waals surface area contributed by atoms with Crippen molar-refractivity contribution in [1.29, 1.82) is 0 Å². The highest BCUT2D eigenvalue weighted by atomic mass is 79.9. The van der Waals surface area contributed by atoms with Crippen LogP contribution in [-0.4, -0.2) is 50.7 Å². The Morgan fingerprint density at radius 3 is 2.74 bits per heavy atom. The number of anilines is 1. The van der Waals surface area contributed by atoms with Gasteiger partial charge in [-0.1, -0.05) is 12.1 Å². The number of piperazine rings is 1. The monoisotopic (exact) mass is 325 g/mol. The van der Waals surface area contributed by atoms with Crippen LogP contribution in [0.25, 0.3) is 0 Å². The van der Waals surface area contributed by atoms with Crippen LogP contribution in [0.5, 0.6) is 0 Å². The van der Waals surface area contributed by atoms with E-state index >= 15 is 0 Å². The van der Waals surface area contributed by atoms with E-state index in [0.29, 0.717) is 12.1 Å². The summed E-state index contributed by atoms with van der Waals surface area (Å²) in [6, 6.07) is 9.70. The number of nitrogens with zero attached hydrogens (tertiary/aromatic N) is 2. The van der Waals surface area contributed by atoms with Crippen LogP contribution >= 0.6 is 15.9 Å². The molecule has 0 spiro atoms. The number of halogens is 1. The van der Waals surface area contributed by atoms with Crippen molar-refractivity contribution in [3.05, 3.63) is 28.7 Å². The Kier molecular flexibility index (Phi) is 5.25. The third kappa shape index (κ3) is 3.50. The summed E-state index contributed by atoms with van der Waals surface area (Å²) >= 11 is 3.68. The van der Waals surface area contributed by atoms with Gasteiger partial charge in [0.25, 0.3) is 0 Å². The minimum atomic E-state index is 0.550. The first-order chi connectivity index (χ1) is 9.13. The van der Waals surface area contributed by atoms with Crippen LogP contribution in [0, 0.1) is 0 Å². The van der Waals surface area contributed by atoms with Gasteiger partial charge in [0.05, 0.1) is 5.69 Å². The van der Waals surface area contributed by atoms with Gasteiger partial charge in [-0.15, -0.1) is 0 Å². The van der Waals surface area contributed by atoms with Gasteiger partial charge in [0, 0.05) is 29.6 Å². The van der Waals surface area contributed by atoms with Crippen molar-refractivity contribution in [1.82, 2.24) is 10.2 Å². The van der Waals surface area contributed by atoms with E-state index < -0.39 is 0 Å². The molecule has 0 bridgehead atoms. The molecule has 3 nitrogen and oxygen atoms in total. The summed E-state index contributed by atoms with van der Waals surface area (Å²) in [6.45, 7) is 5.61. The molecule has 1 aromatic carbocycles. The number of rotatable bonds is 4. The molecule has 0 amide bonds. The second kappa shape index (κ2) is 6.73. The number of benzene rings is 1. The normalized spacial score (nSPS) is 24.7. The standard InChI is InChI=1S/C15H24BrN3/c1-12-10-18(3)13(8-9-17-2)11-19(12)15-7-5-4-6-14(15)16/h4-7,12-13,17H,8-11H2,1-3H3. The molecule has 0 radical (unpaired) electrons. The van der Waals surface area contributed by atoms with Gasteiger partial charge in [-0.05, 0) is 62.0 Å². The summed E-state index contributed by atoms with van der Waals surface area (Å²) in [7, 11) is 4.27. The van der Waals surface area contributed by atoms with Gasteiger partial charge in [-0.25, -0.2) is 0 Å². The maximum atomic E-state index is 3.68. The van der Waals surface area contributed by atoms with E-state index in [1.54, 1.807) is 0 Å². The largest absolute Gasteiger partial charge is 0.365 e. The lowest BCUT2D eigenvalue weighted by Crippen LogP contribution is -2.56. The fraction of sp³-hybridized carbons (Fsp3) is 0.600. The first kappa shape index (κ1) is 14.8. The summed E-state index contributed by atoms with van der Waals surface area (Å²) in [6.07, 6.45) is 1.20. The van der Waals surface area contributed by atoms with E-state index in [4.69, 9.17) is 0 Å². The topological polar surface area (TPSA) is 18.5 Å². The molecule has 106 valence electrons. The summed E-state index contributed by atoms with van der Waals surface area (Å²) in [5, 5.41) is 3.26. The molecular weight excluding hydrogens is 302 g/mol. The van der Waals surface area contributed by atoms with Crippen molar-refractivity contribution in [2.75, 3.05) is 38.6 Å². The molecule has 0 aliphatic carbocycles. The summed E-state index contributed by atoms with van der Waals surface area (Å²) in [5.74, 6) is 0. The molecule has 2 unspecified atom stereocenters. The zero-order valence-corrected chi connectivity index (χ0v) is 13.7. The maximum absolute atomic E-state index is 3.68. The van der Waals surface area contributed by atoms with E-state index in [1.807, 2.05) is 7.05 Å². The molecule has 2 atom stereocenters. The van der Waals surface area contributed by atoms with Crippen LogP contribution in [0.15, 0.2) is 28.7 Å². The molecule has 1 N–H and O–H groups in total. The van der Waals surface area contributed by atoms with Crippen LogP contribution in [0.2, 0.25) is 0 Å². The molecule has 4 heteroatoms. The molecule has 1 aromatic rings. The predicted molar refractivity (Wildman–Crippen MR) is 85.9 cm³/mol. The third-order valence-electron chi connectivity index (χ3n) is 4.00. The smallest absolute Gasteiger partial charge is 0.0514 e. The van der Waals surface area contributed by atoms with Crippen LogP contribution in [0.1, 0.15) is 13.3 Å². The second-order valence-electron chi connectivity index (χ2n) is 5.44. The van der Waals surface area contributed by atoms with Crippen LogP contribution in [0.4, 0.5) is 5.69 Å². The molecule has 0 saturated carbocycles. The first-order valence-corrected chi connectivity index (χ1v) is 7.78. The van der Waals surface area contributed by atoms with Crippen molar-refractivity contribution < 1.29 is 0 Å². The van der Waals surface area contributed by atoms with Gasteiger partial charge in [-0.3, -0.25) is 4.90 Å². The Morgan fingerprint density at radius 1 is 1.32 bits per heavy atom. The van der Waals surface area contributed by atoms with Gasteiger partial charge in [0.2, 0.25) is 0 Å². The van der Waals surface area contributed by atoms with Crippen molar-refractivity contribution in [2.24, 2.45) is 0 Å². The van der Waals surface area contributed by atoms with E-state index in [2.05, 4.69) is 69.3 Å². The Bertz CT molecular complexity index is 410. The molecule has 1 aliphatic heterocycles. The van der Waals surface area contributed by atoms with Gasteiger partial charge >= 0.3 is 0 Å². The molecule has 1 aliphatic rings. The van der Waals surface area contributed by atoms with Crippen LogP contribution < -0.4 is 10.2 Å². The van der Waals surface area contributed by atoms with Crippen LogP contribution in [-0.2, 0) is 0 Å². The van der Waals surface area contributed by atoms with Crippen molar-refractivity contribution in [3.8, 4) is 0 Å². The number of hydrogen-bond donors (Lipinski definition) is 1. The van der Waals surface area contributed by atoms with Gasteiger partial charge in [-0.2, -0.15) is 0 Å². The molecule has 0 aromatic heterocycles. The fourth-order valence-electron chi connectivity index (χ4n) is 2.85. The average molecular weight is 326 g/mol. The highest BCUT2D eigenvalue weighted by molar-refractivity contribution is 9.10. The average Bonchev–Trinajstić information content (AvgIpc) is 2.39. The predicted octanol–water partition coefficient (Wildman–Crippen LogP) is 2.57. The lowest BCUT2D eigenvalue weighted by molar-refractivity contribution is 0.183. The van der Waals surface area contributed by atoms with Crippen molar-refractivity contribution in [2.45, 2.75) is 25.4 Å². The van der Waals surface area contributed by atoms with Crippen LogP contribution in [0.3, 0.4) is 0 Å². The molecule has 1 saturated heterocycles. The second-order valence-corrected chi connectivity index (χ2v) is 6.29. The zero-order chi connectivity index (χ0) is 13.8. The van der Waals surface area contributed by atoms with E-state index in [0.717, 1.165) is 19.6 Å². The zero-order valence-electron chi connectivity index (χ0n) is 12.1. The molecule has 1 fully saturated rings.